The topological polar surface area (TPSA) is 136 Å². The number of hydrogen-bond donors (Lipinski definition) is 2. The Kier molecular flexibility index (Phi) is 14.3. The lowest BCUT2D eigenvalue weighted by Gasteiger charge is -2.22. The summed E-state index contributed by atoms with van der Waals surface area (Å²) < 4.78 is 34.2. The standard InChI is InChI=1S/C35H54ClN5O5S/c1-7-8-9-10-11-12-13-14-15-19-22-27(47(44,45)26-20-17-16-18-21-26)32(43)37-24-23-28(42)46-25-35(5,6)33-39-38-31-29(36)30(34(2,3)4)40-41(31)33/h16-18,20-21,27,38H,7-15,19,22-25H2,1-6H3,(H,37,43). The minimum absolute atomic E-state index is 0.0197. The van der Waals surface area contributed by atoms with Gasteiger partial charge >= 0.3 is 5.97 Å². The number of nitrogens with zero attached hydrogens (tertiary/aromatic N) is 3. The van der Waals surface area contributed by atoms with Gasteiger partial charge in [-0.25, -0.2) is 8.42 Å². The predicted molar refractivity (Wildman–Crippen MR) is 187 cm³/mol. The zero-order valence-corrected chi connectivity index (χ0v) is 30.6. The van der Waals surface area contributed by atoms with E-state index in [0.717, 1.165) is 25.0 Å². The van der Waals surface area contributed by atoms with Gasteiger partial charge in [-0.15, -0.1) is 0 Å². The van der Waals surface area contributed by atoms with Gasteiger partial charge in [0.15, 0.2) is 21.3 Å². The fraction of sp³-hybridized carbons (Fsp3) is 0.657. The number of esters is 1. The van der Waals surface area contributed by atoms with Gasteiger partial charge in [-0.1, -0.05) is 122 Å². The highest BCUT2D eigenvalue weighted by molar-refractivity contribution is 7.92. The zero-order chi connectivity index (χ0) is 34.7. The minimum atomic E-state index is -3.90. The van der Waals surface area contributed by atoms with Gasteiger partial charge in [0.05, 0.1) is 22.4 Å². The Morgan fingerprint density at radius 1 is 0.957 bits per heavy atom. The van der Waals surface area contributed by atoms with Crippen LogP contribution in [0.15, 0.2) is 35.2 Å². The van der Waals surface area contributed by atoms with Crippen LogP contribution in [0.5, 0.6) is 0 Å². The second kappa shape index (κ2) is 17.5. The molecule has 0 aliphatic rings. The van der Waals surface area contributed by atoms with E-state index >= 15 is 0 Å². The summed E-state index contributed by atoms with van der Waals surface area (Å²) in [5.74, 6) is -0.551. The lowest BCUT2D eigenvalue weighted by atomic mass is 9.92. The number of halogens is 1. The van der Waals surface area contributed by atoms with E-state index in [0.29, 0.717) is 22.9 Å². The lowest BCUT2D eigenvalue weighted by molar-refractivity contribution is -0.145. The normalized spacial score (nSPS) is 13.2. The number of ether oxygens (including phenoxy) is 1. The molecule has 1 aromatic carbocycles. The van der Waals surface area contributed by atoms with Gasteiger partial charge in [0, 0.05) is 12.0 Å². The number of nitrogens with one attached hydrogen (secondary N) is 2. The summed E-state index contributed by atoms with van der Waals surface area (Å²) in [6, 6.07) is 8.07. The molecule has 3 aromatic rings. The number of benzene rings is 1. The molecule has 0 spiro atoms. The minimum Gasteiger partial charge on any atom is -0.465 e. The van der Waals surface area contributed by atoms with E-state index in [9.17, 15) is 18.0 Å². The van der Waals surface area contributed by atoms with E-state index < -0.39 is 32.4 Å². The van der Waals surface area contributed by atoms with Crippen molar-refractivity contribution in [3.8, 4) is 0 Å². The van der Waals surface area contributed by atoms with Gasteiger partial charge in [0.1, 0.15) is 16.9 Å². The maximum absolute atomic E-state index is 13.5. The van der Waals surface area contributed by atoms with Crippen molar-refractivity contribution in [2.24, 2.45) is 0 Å². The van der Waals surface area contributed by atoms with Crippen LogP contribution in [0.3, 0.4) is 0 Å². The number of rotatable bonds is 20. The van der Waals surface area contributed by atoms with E-state index in [1.54, 1.807) is 22.7 Å². The van der Waals surface area contributed by atoms with E-state index in [4.69, 9.17) is 16.3 Å². The predicted octanol–water partition coefficient (Wildman–Crippen LogP) is 7.49. The number of carbonyl (C=O) groups excluding carboxylic acids is 2. The monoisotopic (exact) mass is 691 g/mol. The van der Waals surface area contributed by atoms with Gasteiger partial charge in [-0.05, 0) is 32.4 Å². The van der Waals surface area contributed by atoms with Crippen molar-refractivity contribution < 1.29 is 22.7 Å². The maximum atomic E-state index is 13.5. The SMILES string of the molecule is CCCCCCCCCCCCC(C(=O)NCCC(=O)OCC(C)(C)c1n[nH]c2c(Cl)c(C(C)(C)C)nn12)S(=O)(=O)c1ccccc1. The molecule has 0 saturated carbocycles. The summed E-state index contributed by atoms with van der Waals surface area (Å²) >= 11 is 6.56. The van der Waals surface area contributed by atoms with Crippen LogP contribution in [0.25, 0.3) is 5.65 Å². The summed E-state index contributed by atoms with van der Waals surface area (Å²) in [7, 11) is -3.90. The fourth-order valence-corrected chi connectivity index (χ4v) is 7.69. The molecule has 0 aliphatic carbocycles. The van der Waals surface area contributed by atoms with Crippen molar-refractivity contribution in [3.63, 3.8) is 0 Å². The third kappa shape index (κ3) is 10.8. The molecule has 1 atom stereocenters. The summed E-state index contributed by atoms with van der Waals surface area (Å²) in [5, 5.41) is 14.0. The third-order valence-electron chi connectivity index (χ3n) is 8.39. The van der Waals surface area contributed by atoms with Crippen LogP contribution in [-0.2, 0) is 35.0 Å². The molecule has 2 heterocycles. The van der Waals surface area contributed by atoms with Crippen molar-refractivity contribution in [2.75, 3.05) is 13.2 Å². The highest BCUT2D eigenvalue weighted by Crippen LogP contribution is 2.33. The quantitative estimate of drug-likeness (QED) is 0.0926. The van der Waals surface area contributed by atoms with Crippen LogP contribution >= 0.6 is 11.6 Å². The number of sulfone groups is 1. The largest absolute Gasteiger partial charge is 0.465 e. The molecule has 0 bridgehead atoms. The van der Waals surface area contributed by atoms with Gasteiger partial charge in [0.2, 0.25) is 5.91 Å². The van der Waals surface area contributed by atoms with Gasteiger partial charge in [0.25, 0.3) is 0 Å². The molecule has 2 N–H and O–H groups in total. The number of unbranched alkanes of at least 4 members (excludes halogenated alkanes) is 9. The van der Waals surface area contributed by atoms with Crippen LogP contribution in [0.1, 0.15) is 130 Å². The maximum Gasteiger partial charge on any atom is 0.307 e. The van der Waals surface area contributed by atoms with Gasteiger partial charge in [-0.2, -0.15) is 14.7 Å². The summed E-state index contributed by atoms with van der Waals surface area (Å²) in [6.45, 7) is 12.0. The lowest BCUT2D eigenvalue weighted by Crippen LogP contribution is -2.41. The van der Waals surface area contributed by atoms with E-state index in [2.05, 4.69) is 27.5 Å². The van der Waals surface area contributed by atoms with Crippen molar-refractivity contribution in [1.82, 2.24) is 25.1 Å². The fourth-order valence-electron chi connectivity index (χ4n) is 5.54. The highest BCUT2D eigenvalue weighted by Gasteiger charge is 2.34. The summed E-state index contributed by atoms with van der Waals surface area (Å²) in [5.41, 5.74) is 0.338. The molecule has 2 aromatic heterocycles. The van der Waals surface area contributed by atoms with E-state index in [1.807, 2.05) is 34.6 Å². The molecule has 12 heteroatoms. The Morgan fingerprint density at radius 2 is 1.55 bits per heavy atom. The molecule has 0 aliphatic heterocycles. The van der Waals surface area contributed by atoms with Crippen LogP contribution < -0.4 is 5.32 Å². The van der Waals surface area contributed by atoms with Crippen molar-refractivity contribution in [2.45, 2.75) is 140 Å². The Morgan fingerprint density at radius 3 is 2.15 bits per heavy atom. The van der Waals surface area contributed by atoms with Gasteiger partial charge in [-0.3, -0.25) is 14.7 Å². The number of aromatic nitrogens is 4. The molecule has 3 rings (SSSR count). The molecule has 1 unspecified atom stereocenters. The van der Waals surface area contributed by atoms with E-state index in [-0.39, 0.29) is 36.3 Å². The molecule has 1 amide bonds. The van der Waals surface area contributed by atoms with E-state index in [1.165, 1.54) is 50.7 Å². The average Bonchev–Trinajstić information content (AvgIpc) is 3.60. The molecule has 47 heavy (non-hydrogen) atoms. The first kappa shape index (κ1) is 38.5. The third-order valence-corrected chi connectivity index (χ3v) is 10.9. The van der Waals surface area contributed by atoms with Crippen molar-refractivity contribution in [3.05, 3.63) is 46.9 Å². The number of carbonyl (C=O) groups is 2. The molecule has 10 nitrogen and oxygen atoms in total. The van der Waals surface area contributed by atoms with Crippen molar-refractivity contribution >= 4 is 39.0 Å². The van der Waals surface area contributed by atoms with Crippen LogP contribution in [-0.4, -0.2) is 58.5 Å². The smallest absolute Gasteiger partial charge is 0.307 e. The number of amides is 1. The molecular weight excluding hydrogens is 638 g/mol. The molecule has 0 radical (unpaired) electrons. The van der Waals surface area contributed by atoms with Crippen molar-refractivity contribution in [1.29, 1.82) is 0 Å². The first-order chi connectivity index (χ1) is 22.2. The average molecular weight is 692 g/mol. The Bertz CT molecular complexity index is 1540. The summed E-state index contributed by atoms with van der Waals surface area (Å²) in [6.07, 6.45) is 11.3. The molecule has 262 valence electrons. The number of aromatic amines is 1. The number of H-pyrrole nitrogens is 1. The second-order valence-corrected chi connectivity index (χ2v) is 16.6. The van der Waals surface area contributed by atoms with Crippen LogP contribution in [0, 0.1) is 0 Å². The Hall–Kier alpha value is -2.92. The molecular formula is C35H54ClN5O5S. The summed E-state index contributed by atoms with van der Waals surface area (Å²) in [4.78, 5) is 26.1. The molecule has 0 fully saturated rings. The highest BCUT2D eigenvalue weighted by atomic mass is 35.5. The van der Waals surface area contributed by atoms with Crippen LogP contribution in [0.4, 0.5) is 0 Å². The first-order valence-electron chi connectivity index (χ1n) is 17.1. The van der Waals surface area contributed by atoms with Crippen LogP contribution in [0.2, 0.25) is 5.02 Å². The van der Waals surface area contributed by atoms with Gasteiger partial charge < -0.3 is 10.1 Å². The number of hydrogen-bond acceptors (Lipinski definition) is 7. The number of fused-ring (bicyclic) bond motifs is 1. The zero-order valence-electron chi connectivity index (χ0n) is 29.0. The Labute approximate surface area is 285 Å². The Balaban J connectivity index is 1.52. The second-order valence-electron chi connectivity index (χ2n) is 14.1. The first-order valence-corrected chi connectivity index (χ1v) is 19.0. The molecule has 0 saturated heterocycles.